The lowest BCUT2D eigenvalue weighted by atomic mass is 10.5. The lowest BCUT2D eigenvalue weighted by molar-refractivity contribution is -0.118. The molecule has 3 nitrogen and oxygen atoms in total. The summed E-state index contributed by atoms with van der Waals surface area (Å²) in [7, 11) is 0. The zero-order valence-electron chi connectivity index (χ0n) is 7.77. The van der Waals surface area contributed by atoms with Gasteiger partial charge in [0, 0.05) is 23.8 Å². The molecule has 0 bridgehead atoms. The minimum Gasteiger partial charge on any atom is -0.352 e. The fourth-order valence-electron chi connectivity index (χ4n) is 0.820. The van der Waals surface area contributed by atoms with Crippen LogP contribution in [0.15, 0.2) is 42.1 Å². The number of carbonyl (C=O) groups is 1. The van der Waals surface area contributed by atoms with Crippen LogP contribution in [0.3, 0.4) is 0 Å². The third kappa shape index (κ3) is 4.09. The van der Waals surface area contributed by atoms with E-state index in [0.29, 0.717) is 12.3 Å². The molecule has 1 aromatic rings. The van der Waals surface area contributed by atoms with Gasteiger partial charge in [-0.25, -0.2) is 0 Å². The number of pyridine rings is 1. The number of amides is 1. The normalized spacial score (nSPS) is 9.43. The van der Waals surface area contributed by atoms with E-state index in [-0.39, 0.29) is 5.91 Å². The van der Waals surface area contributed by atoms with E-state index in [4.69, 9.17) is 0 Å². The zero-order chi connectivity index (χ0) is 10.2. The quantitative estimate of drug-likeness (QED) is 0.588. The molecule has 74 valence electrons. The van der Waals surface area contributed by atoms with Crippen LogP contribution in [0.1, 0.15) is 0 Å². The molecule has 0 aliphatic heterocycles. The summed E-state index contributed by atoms with van der Waals surface area (Å²) in [5, 5.41) is 2.71. The van der Waals surface area contributed by atoms with Gasteiger partial charge >= 0.3 is 0 Å². The van der Waals surface area contributed by atoms with Gasteiger partial charge in [-0.3, -0.25) is 9.78 Å². The number of carbonyl (C=O) groups excluding carboxylic acids is 1. The molecule has 1 aromatic heterocycles. The Labute approximate surface area is 87.6 Å². The Bertz CT molecular complexity index is 300. The molecule has 1 rings (SSSR count). The fourth-order valence-corrected chi connectivity index (χ4v) is 1.53. The summed E-state index contributed by atoms with van der Waals surface area (Å²) >= 11 is 1.49. The van der Waals surface area contributed by atoms with Gasteiger partial charge in [-0.15, -0.1) is 18.3 Å². The van der Waals surface area contributed by atoms with E-state index >= 15 is 0 Å². The summed E-state index contributed by atoms with van der Waals surface area (Å²) in [6, 6.07) is 3.76. The molecule has 0 fully saturated rings. The highest BCUT2D eigenvalue weighted by atomic mass is 32.2. The van der Waals surface area contributed by atoms with Crippen LogP contribution < -0.4 is 5.32 Å². The summed E-state index contributed by atoms with van der Waals surface area (Å²) in [6.45, 7) is 4.04. The molecule has 0 saturated carbocycles. The Morgan fingerprint density at radius 2 is 2.29 bits per heavy atom. The van der Waals surface area contributed by atoms with Crippen molar-refractivity contribution in [2.75, 3.05) is 12.3 Å². The molecule has 4 heteroatoms. The van der Waals surface area contributed by atoms with Crippen molar-refractivity contribution < 1.29 is 4.79 Å². The monoisotopic (exact) mass is 208 g/mol. The smallest absolute Gasteiger partial charge is 0.230 e. The van der Waals surface area contributed by atoms with Crippen molar-refractivity contribution in [3.8, 4) is 0 Å². The zero-order valence-corrected chi connectivity index (χ0v) is 8.59. The highest BCUT2D eigenvalue weighted by Gasteiger charge is 2.00. The predicted octanol–water partition coefficient (Wildman–Crippen LogP) is 1.48. The van der Waals surface area contributed by atoms with Crippen molar-refractivity contribution in [1.82, 2.24) is 10.3 Å². The van der Waals surface area contributed by atoms with Gasteiger partial charge in [-0.05, 0) is 12.1 Å². The first kappa shape index (κ1) is 10.8. The summed E-state index contributed by atoms with van der Waals surface area (Å²) in [5.74, 6) is 0.449. The van der Waals surface area contributed by atoms with Crippen LogP contribution in [0, 0.1) is 0 Å². The molecule has 0 saturated heterocycles. The molecule has 0 atom stereocenters. The van der Waals surface area contributed by atoms with E-state index in [0.717, 1.165) is 4.90 Å². The Balaban J connectivity index is 2.27. The van der Waals surface area contributed by atoms with E-state index < -0.39 is 0 Å². The average Bonchev–Trinajstić information content (AvgIpc) is 2.25. The molecule has 0 spiro atoms. The van der Waals surface area contributed by atoms with Crippen LogP contribution in [0.25, 0.3) is 0 Å². The van der Waals surface area contributed by atoms with E-state index in [9.17, 15) is 4.79 Å². The third-order valence-electron chi connectivity index (χ3n) is 1.46. The lowest BCUT2D eigenvalue weighted by Crippen LogP contribution is -2.24. The minimum atomic E-state index is 0.0201. The number of thioether (sulfide) groups is 1. The Morgan fingerprint density at radius 1 is 1.57 bits per heavy atom. The van der Waals surface area contributed by atoms with Gasteiger partial charge in [0.05, 0.1) is 5.75 Å². The van der Waals surface area contributed by atoms with Crippen molar-refractivity contribution in [3.63, 3.8) is 0 Å². The summed E-state index contributed by atoms with van der Waals surface area (Å²) < 4.78 is 0. The standard InChI is InChI=1S/C10H12N2OS/c1-2-5-12-10(13)8-14-9-3-6-11-7-4-9/h2-4,6-7H,1,5,8H2,(H,12,13). The lowest BCUT2D eigenvalue weighted by Gasteiger charge is -2.01. The second-order valence-electron chi connectivity index (χ2n) is 2.56. The van der Waals surface area contributed by atoms with Gasteiger partial charge in [0.2, 0.25) is 5.91 Å². The number of aromatic nitrogens is 1. The molecule has 0 unspecified atom stereocenters. The maximum atomic E-state index is 11.2. The Hall–Kier alpha value is -1.29. The molecule has 0 aliphatic carbocycles. The maximum absolute atomic E-state index is 11.2. The molecule has 0 aliphatic rings. The number of hydrogen-bond donors (Lipinski definition) is 1. The van der Waals surface area contributed by atoms with E-state index in [1.165, 1.54) is 11.8 Å². The van der Waals surface area contributed by atoms with E-state index in [2.05, 4.69) is 16.9 Å². The van der Waals surface area contributed by atoms with Gasteiger partial charge in [-0.1, -0.05) is 6.08 Å². The van der Waals surface area contributed by atoms with Crippen molar-refractivity contribution in [2.24, 2.45) is 0 Å². The van der Waals surface area contributed by atoms with Crippen LogP contribution >= 0.6 is 11.8 Å². The molecule has 14 heavy (non-hydrogen) atoms. The largest absolute Gasteiger partial charge is 0.352 e. The number of nitrogens with zero attached hydrogens (tertiary/aromatic N) is 1. The van der Waals surface area contributed by atoms with Crippen LogP contribution in [0.4, 0.5) is 0 Å². The summed E-state index contributed by atoms with van der Waals surface area (Å²) in [4.78, 5) is 16.1. The molecule has 0 radical (unpaired) electrons. The van der Waals surface area contributed by atoms with Gasteiger partial charge in [0.15, 0.2) is 0 Å². The Morgan fingerprint density at radius 3 is 2.93 bits per heavy atom. The first-order valence-electron chi connectivity index (χ1n) is 4.23. The SMILES string of the molecule is C=CCNC(=O)CSc1ccncc1. The van der Waals surface area contributed by atoms with Crippen molar-refractivity contribution in [3.05, 3.63) is 37.2 Å². The minimum absolute atomic E-state index is 0.0201. The third-order valence-corrected chi connectivity index (χ3v) is 2.48. The van der Waals surface area contributed by atoms with Crippen LogP contribution in [0.5, 0.6) is 0 Å². The molecular formula is C10H12N2OS. The highest BCUT2D eigenvalue weighted by Crippen LogP contribution is 2.15. The van der Waals surface area contributed by atoms with Crippen LogP contribution in [-0.4, -0.2) is 23.2 Å². The number of rotatable bonds is 5. The predicted molar refractivity (Wildman–Crippen MR) is 58.2 cm³/mol. The van der Waals surface area contributed by atoms with E-state index in [1.807, 2.05) is 12.1 Å². The summed E-state index contributed by atoms with van der Waals surface area (Å²) in [6.07, 6.45) is 5.09. The van der Waals surface area contributed by atoms with Crippen molar-refractivity contribution in [2.45, 2.75) is 4.90 Å². The van der Waals surface area contributed by atoms with Gasteiger partial charge in [0.1, 0.15) is 0 Å². The highest BCUT2D eigenvalue weighted by molar-refractivity contribution is 8.00. The number of nitrogens with one attached hydrogen (secondary N) is 1. The van der Waals surface area contributed by atoms with Gasteiger partial charge in [0.25, 0.3) is 0 Å². The molecule has 1 heterocycles. The molecule has 1 amide bonds. The maximum Gasteiger partial charge on any atom is 0.230 e. The fraction of sp³-hybridized carbons (Fsp3) is 0.200. The first-order valence-corrected chi connectivity index (χ1v) is 5.22. The average molecular weight is 208 g/mol. The second kappa shape index (κ2) is 6.21. The Kier molecular flexibility index (Phi) is 4.78. The van der Waals surface area contributed by atoms with Crippen LogP contribution in [0.2, 0.25) is 0 Å². The summed E-state index contributed by atoms with van der Waals surface area (Å²) in [5.41, 5.74) is 0. The molecule has 0 aromatic carbocycles. The molecule has 1 N–H and O–H groups in total. The van der Waals surface area contributed by atoms with Crippen molar-refractivity contribution in [1.29, 1.82) is 0 Å². The van der Waals surface area contributed by atoms with Gasteiger partial charge in [-0.2, -0.15) is 0 Å². The number of hydrogen-bond acceptors (Lipinski definition) is 3. The second-order valence-corrected chi connectivity index (χ2v) is 3.61. The van der Waals surface area contributed by atoms with Gasteiger partial charge < -0.3 is 5.32 Å². The van der Waals surface area contributed by atoms with Crippen LogP contribution in [-0.2, 0) is 4.79 Å². The molecular weight excluding hydrogens is 196 g/mol. The van der Waals surface area contributed by atoms with E-state index in [1.54, 1.807) is 18.5 Å². The topological polar surface area (TPSA) is 42.0 Å². The van der Waals surface area contributed by atoms with Crippen molar-refractivity contribution >= 4 is 17.7 Å². The first-order chi connectivity index (χ1) is 6.83.